The lowest BCUT2D eigenvalue weighted by atomic mass is 9.65. The number of carbonyl (C=O) groups excluding carboxylic acids is 1. The maximum atomic E-state index is 13.9. The van der Waals surface area contributed by atoms with Crippen molar-refractivity contribution in [3.8, 4) is 0 Å². The Morgan fingerprint density at radius 3 is 2.75 bits per heavy atom. The summed E-state index contributed by atoms with van der Waals surface area (Å²) in [6, 6.07) is 3.55. The molecule has 1 heterocycles. The van der Waals surface area contributed by atoms with Gasteiger partial charge in [-0.05, 0) is 36.3 Å². The number of hydrogen-bond acceptors (Lipinski definition) is 3. The molecule has 1 aliphatic rings. The topological polar surface area (TPSA) is 74.8 Å². The first-order valence-electron chi connectivity index (χ1n) is 7.74. The summed E-state index contributed by atoms with van der Waals surface area (Å²) in [5, 5.41) is 2.74. The minimum atomic E-state index is -0.608. The fourth-order valence-corrected chi connectivity index (χ4v) is 3.03. The highest BCUT2D eigenvalue weighted by Crippen LogP contribution is 2.43. The van der Waals surface area contributed by atoms with Gasteiger partial charge in [0.2, 0.25) is 0 Å². The summed E-state index contributed by atoms with van der Waals surface area (Å²) < 4.78 is 26.9. The predicted molar refractivity (Wildman–Crippen MR) is 83.5 cm³/mol. The smallest absolute Gasteiger partial charge is 0.263 e. The van der Waals surface area contributed by atoms with Crippen molar-refractivity contribution in [2.75, 3.05) is 6.54 Å². The van der Waals surface area contributed by atoms with Crippen LogP contribution in [0.2, 0.25) is 0 Å². The number of aromatic amines is 1. The average molecular weight is 333 g/mol. The molecule has 0 radical (unpaired) electrons. The fourth-order valence-electron chi connectivity index (χ4n) is 3.03. The quantitative estimate of drug-likeness (QED) is 0.881. The van der Waals surface area contributed by atoms with Crippen molar-refractivity contribution in [2.24, 2.45) is 5.41 Å². The second-order valence-corrected chi connectivity index (χ2v) is 6.24. The Morgan fingerprint density at radius 1 is 1.33 bits per heavy atom. The molecule has 1 aliphatic carbocycles. The average Bonchev–Trinajstić information content (AvgIpc) is 2.52. The first-order chi connectivity index (χ1) is 11.5. The van der Waals surface area contributed by atoms with E-state index in [4.69, 9.17) is 0 Å². The number of amides is 1. The zero-order valence-corrected chi connectivity index (χ0v) is 12.9. The van der Waals surface area contributed by atoms with Gasteiger partial charge in [-0.1, -0.05) is 12.5 Å². The highest BCUT2D eigenvalue weighted by atomic mass is 19.1. The minimum absolute atomic E-state index is 0.0556. The van der Waals surface area contributed by atoms with E-state index in [0.717, 1.165) is 25.3 Å². The predicted octanol–water partition coefficient (Wildman–Crippen LogP) is 2.19. The van der Waals surface area contributed by atoms with Gasteiger partial charge in [0.15, 0.2) is 0 Å². The molecule has 0 unspecified atom stereocenters. The van der Waals surface area contributed by atoms with Gasteiger partial charge in [-0.15, -0.1) is 0 Å². The highest BCUT2D eigenvalue weighted by Gasteiger charge is 2.38. The number of rotatable bonds is 5. The largest absolute Gasteiger partial charge is 0.351 e. The maximum absolute atomic E-state index is 13.9. The Labute approximate surface area is 137 Å². The molecule has 0 atom stereocenters. The summed E-state index contributed by atoms with van der Waals surface area (Å²) in [5.41, 5.74) is -0.386. The van der Waals surface area contributed by atoms with Gasteiger partial charge in [-0.3, -0.25) is 9.59 Å². The summed E-state index contributed by atoms with van der Waals surface area (Å²) in [7, 11) is 0. The van der Waals surface area contributed by atoms with E-state index in [1.807, 2.05) is 0 Å². The molecule has 0 bridgehead atoms. The Balaban J connectivity index is 1.69. The van der Waals surface area contributed by atoms with Crippen LogP contribution in [0, 0.1) is 17.0 Å². The van der Waals surface area contributed by atoms with Crippen molar-refractivity contribution in [1.82, 2.24) is 15.3 Å². The third-order valence-electron chi connectivity index (χ3n) is 4.58. The van der Waals surface area contributed by atoms with E-state index < -0.39 is 23.1 Å². The number of hydrogen-bond donors (Lipinski definition) is 2. The number of benzene rings is 1. The molecule has 126 valence electrons. The molecule has 1 saturated carbocycles. The lowest BCUT2D eigenvalue weighted by Crippen LogP contribution is -2.44. The Kier molecular flexibility index (Phi) is 4.42. The minimum Gasteiger partial charge on any atom is -0.351 e. The molecular formula is C17H17F2N3O2. The first kappa shape index (κ1) is 16.3. The number of nitrogens with zero attached hydrogens (tertiary/aromatic N) is 1. The van der Waals surface area contributed by atoms with Crippen LogP contribution in [0.5, 0.6) is 0 Å². The van der Waals surface area contributed by atoms with E-state index in [2.05, 4.69) is 15.3 Å². The van der Waals surface area contributed by atoms with Gasteiger partial charge in [-0.25, -0.2) is 13.8 Å². The van der Waals surface area contributed by atoms with E-state index in [1.165, 1.54) is 24.7 Å². The Bertz CT molecular complexity index is 815. The summed E-state index contributed by atoms with van der Waals surface area (Å²) in [6.45, 7) is 0.330. The van der Waals surface area contributed by atoms with Crippen LogP contribution in [-0.2, 0) is 6.42 Å². The van der Waals surface area contributed by atoms with Crippen LogP contribution in [0.25, 0.3) is 0 Å². The van der Waals surface area contributed by atoms with Crippen LogP contribution in [0.3, 0.4) is 0 Å². The molecule has 1 aromatic carbocycles. The van der Waals surface area contributed by atoms with Crippen LogP contribution in [0.4, 0.5) is 8.78 Å². The number of nitrogens with one attached hydrogen (secondary N) is 2. The highest BCUT2D eigenvalue weighted by molar-refractivity contribution is 5.93. The molecule has 0 saturated heterocycles. The summed E-state index contributed by atoms with van der Waals surface area (Å²) in [5.74, 6) is -1.69. The number of aromatic nitrogens is 2. The van der Waals surface area contributed by atoms with Crippen molar-refractivity contribution < 1.29 is 13.6 Å². The van der Waals surface area contributed by atoms with Gasteiger partial charge >= 0.3 is 0 Å². The van der Waals surface area contributed by atoms with Gasteiger partial charge in [0.05, 0.1) is 6.33 Å². The van der Waals surface area contributed by atoms with Crippen molar-refractivity contribution in [3.63, 3.8) is 0 Å². The molecule has 2 aromatic rings. The van der Waals surface area contributed by atoms with Crippen LogP contribution in [-0.4, -0.2) is 22.4 Å². The summed E-state index contributed by atoms with van der Waals surface area (Å²) >= 11 is 0. The van der Waals surface area contributed by atoms with Crippen LogP contribution >= 0.6 is 0 Å². The lowest BCUT2D eigenvalue weighted by molar-refractivity contribution is 0.0856. The van der Waals surface area contributed by atoms with Gasteiger partial charge in [-0.2, -0.15) is 0 Å². The van der Waals surface area contributed by atoms with Gasteiger partial charge in [0, 0.05) is 18.8 Å². The van der Waals surface area contributed by atoms with Crippen LogP contribution < -0.4 is 10.9 Å². The molecule has 5 nitrogen and oxygen atoms in total. The molecule has 3 rings (SSSR count). The van der Waals surface area contributed by atoms with Gasteiger partial charge in [0.25, 0.3) is 11.5 Å². The standard InChI is InChI=1S/C17H17F2N3O2/c18-12-3-2-11(14(19)6-12)7-17(4-1-5-17)9-21-15(23)13-8-20-10-22-16(13)24/h2-3,6,8,10H,1,4-5,7,9H2,(H,21,23)(H,20,22,24). The van der Waals surface area contributed by atoms with Crippen molar-refractivity contribution in [3.05, 3.63) is 63.8 Å². The van der Waals surface area contributed by atoms with E-state index >= 15 is 0 Å². The normalized spacial score (nSPS) is 15.6. The SMILES string of the molecule is O=C(NCC1(Cc2ccc(F)cc2F)CCC1)c1cnc[nH]c1=O. The van der Waals surface area contributed by atoms with Crippen molar-refractivity contribution in [1.29, 1.82) is 0 Å². The number of halogens is 2. The first-order valence-corrected chi connectivity index (χ1v) is 7.74. The molecule has 0 spiro atoms. The molecule has 24 heavy (non-hydrogen) atoms. The molecule has 7 heteroatoms. The third-order valence-corrected chi connectivity index (χ3v) is 4.58. The van der Waals surface area contributed by atoms with Gasteiger partial charge in [0.1, 0.15) is 17.2 Å². The van der Waals surface area contributed by atoms with Crippen LogP contribution in [0.1, 0.15) is 35.2 Å². The molecule has 0 aliphatic heterocycles. The Morgan fingerprint density at radius 2 is 2.12 bits per heavy atom. The van der Waals surface area contributed by atoms with Crippen molar-refractivity contribution >= 4 is 5.91 Å². The van der Waals surface area contributed by atoms with E-state index in [9.17, 15) is 18.4 Å². The summed E-state index contributed by atoms with van der Waals surface area (Å²) in [4.78, 5) is 29.8. The number of carbonyl (C=O) groups is 1. The van der Waals surface area contributed by atoms with E-state index in [1.54, 1.807) is 0 Å². The molecule has 1 amide bonds. The van der Waals surface area contributed by atoms with Crippen molar-refractivity contribution in [2.45, 2.75) is 25.7 Å². The molecular weight excluding hydrogens is 316 g/mol. The molecule has 1 aromatic heterocycles. The summed E-state index contributed by atoms with van der Waals surface area (Å²) in [6.07, 6.45) is 5.51. The van der Waals surface area contributed by atoms with Gasteiger partial charge < -0.3 is 10.3 Å². The fraction of sp³-hybridized carbons (Fsp3) is 0.353. The molecule has 2 N–H and O–H groups in total. The number of H-pyrrole nitrogens is 1. The zero-order valence-electron chi connectivity index (χ0n) is 12.9. The Hall–Kier alpha value is -2.57. The van der Waals surface area contributed by atoms with E-state index in [-0.39, 0.29) is 11.0 Å². The maximum Gasteiger partial charge on any atom is 0.263 e. The second kappa shape index (κ2) is 6.51. The zero-order chi connectivity index (χ0) is 17.2. The second-order valence-electron chi connectivity index (χ2n) is 6.24. The van der Waals surface area contributed by atoms with E-state index in [0.29, 0.717) is 18.5 Å². The third kappa shape index (κ3) is 3.34. The monoisotopic (exact) mass is 333 g/mol. The lowest BCUT2D eigenvalue weighted by Gasteiger charge is -2.42. The van der Waals surface area contributed by atoms with Crippen LogP contribution in [0.15, 0.2) is 35.5 Å². The molecule has 1 fully saturated rings.